The van der Waals surface area contributed by atoms with Crippen LogP contribution in [0.25, 0.3) is 6.08 Å². The number of ketones is 1. The van der Waals surface area contributed by atoms with Gasteiger partial charge in [-0.15, -0.1) is 0 Å². The number of amides is 1. The second-order valence-corrected chi connectivity index (χ2v) is 6.67. The zero-order chi connectivity index (χ0) is 17.9. The summed E-state index contributed by atoms with van der Waals surface area (Å²) < 4.78 is 5.41. The van der Waals surface area contributed by atoms with Crippen molar-refractivity contribution in [2.24, 2.45) is 5.41 Å². The summed E-state index contributed by atoms with van der Waals surface area (Å²) in [6.07, 6.45) is 2.96. The largest absolute Gasteiger partial charge is 0.415 e. The molecule has 2 heterocycles. The summed E-state index contributed by atoms with van der Waals surface area (Å²) in [5.74, 6) is 0.513. The third-order valence-electron chi connectivity index (χ3n) is 4.07. The Balaban J connectivity index is 1.83. The molecule has 0 saturated carbocycles. The summed E-state index contributed by atoms with van der Waals surface area (Å²) in [5.41, 5.74) is 0.578. The number of rotatable bonds is 2. The monoisotopic (exact) mass is 336 g/mol. The van der Waals surface area contributed by atoms with Crippen molar-refractivity contribution in [2.45, 2.75) is 13.8 Å². The molecule has 2 aromatic rings. The molecule has 0 N–H and O–H groups in total. The van der Waals surface area contributed by atoms with E-state index in [0.29, 0.717) is 23.6 Å². The smallest absolute Gasteiger partial charge is 0.410 e. The molecular weight excluding hydrogens is 316 g/mol. The Kier molecular flexibility index (Phi) is 4.65. The van der Waals surface area contributed by atoms with Crippen LogP contribution < -0.4 is 4.74 Å². The minimum Gasteiger partial charge on any atom is -0.410 e. The molecule has 0 unspecified atom stereocenters. The predicted molar refractivity (Wildman–Crippen MR) is 95.0 cm³/mol. The van der Waals surface area contributed by atoms with Gasteiger partial charge in [0.1, 0.15) is 5.75 Å². The van der Waals surface area contributed by atoms with Crippen molar-refractivity contribution >= 4 is 18.0 Å². The van der Waals surface area contributed by atoms with Crippen molar-refractivity contribution < 1.29 is 14.3 Å². The van der Waals surface area contributed by atoms with Crippen LogP contribution in [0.1, 0.15) is 19.5 Å². The number of nitrogens with zero attached hydrogens (tertiary/aromatic N) is 2. The molecular formula is C20H20N2O3. The molecule has 0 radical (unpaired) electrons. The number of benzene rings is 1. The molecule has 1 aliphatic heterocycles. The van der Waals surface area contributed by atoms with E-state index in [2.05, 4.69) is 4.98 Å². The summed E-state index contributed by atoms with van der Waals surface area (Å²) in [4.78, 5) is 31.0. The average Bonchev–Trinajstić information content (AvgIpc) is 2.60. The Morgan fingerprint density at radius 2 is 1.88 bits per heavy atom. The molecule has 1 saturated heterocycles. The number of carbonyl (C=O) groups excluding carboxylic acids is 2. The highest BCUT2D eigenvalue weighted by atomic mass is 16.6. The van der Waals surface area contributed by atoms with Crippen LogP contribution in [-0.2, 0) is 4.79 Å². The van der Waals surface area contributed by atoms with Gasteiger partial charge in [0.25, 0.3) is 0 Å². The van der Waals surface area contributed by atoms with E-state index in [1.54, 1.807) is 41.4 Å². The van der Waals surface area contributed by atoms with E-state index in [0.717, 1.165) is 0 Å². The van der Waals surface area contributed by atoms with Crippen LogP contribution in [-0.4, -0.2) is 34.8 Å². The quantitative estimate of drug-likeness (QED) is 0.787. The van der Waals surface area contributed by atoms with Crippen molar-refractivity contribution in [1.29, 1.82) is 0 Å². The van der Waals surface area contributed by atoms with Gasteiger partial charge in [0.05, 0.1) is 12.2 Å². The van der Waals surface area contributed by atoms with Crippen LogP contribution >= 0.6 is 0 Å². The number of aromatic nitrogens is 1. The van der Waals surface area contributed by atoms with Crippen LogP contribution in [0.5, 0.6) is 5.75 Å². The fourth-order valence-electron chi connectivity index (χ4n) is 2.85. The number of hydrogen-bond acceptors (Lipinski definition) is 4. The van der Waals surface area contributed by atoms with Crippen molar-refractivity contribution in [1.82, 2.24) is 9.88 Å². The van der Waals surface area contributed by atoms with E-state index in [9.17, 15) is 9.59 Å². The van der Waals surface area contributed by atoms with E-state index in [-0.39, 0.29) is 12.3 Å². The van der Waals surface area contributed by atoms with Gasteiger partial charge in [-0.1, -0.05) is 38.1 Å². The van der Waals surface area contributed by atoms with Gasteiger partial charge >= 0.3 is 6.09 Å². The third kappa shape index (κ3) is 3.94. The number of pyridine rings is 1. The summed E-state index contributed by atoms with van der Waals surface area (Å²) in [7, 11) is 0. The summed E-state index contributed by atoms with van der Waals surface area (Å²) in [5, 5.41) is 0. The molecule has 25 heavy (non-hydrogen) atoms. The van der Waals surface area contributed by atoms with Crippen LogP contribution in [0, 0.1) is 5.41 Å². The van der Waals surface area contributed by atoms with Crippen molar-refractivity contribution in [3.8, 4) is 5.75 Å². The number of piperidine rings is 1. The molecule has 0 aliphatic carbocycles. The number of Topliss-reactive ketones (excluding diaryl/α,β-unsaturated/α-hetero) is 1. The Bertz CT molecular complexity index is 798. The lowest BCUT2D eigenvalue weighted by Gasteiger charge is -2.37. The first-order valence-corrected chi connectivity index (χ1v) is 8.14. The SMILES string of the molecule is CC1(C)CN(C(=O)Oc2ccccc2)CC(=Cc2ccccn2)C1=O. The first-order valence-electron chi connectivity index (χ1n) is 8.14. The molecule has 1 aliphatic rings. The van der Waals surface area contributed by atoms with Gasteiger partial charge in [-0.05, 0) is 30.3 Å². The molecule has 1 aromatic carbocycles. The Morgan fingerprint density at radius 1 is 1.16 bits per heavy atom. The lowest BCUT2D eigenvalue weighted by Crippen LogP contribution is -2.50. The van der Waals surface area contributed by atoms with E-state index in [1.165, 1.54) is 0 Å². The normalized spacial score (nSPS) is 18.2. The maximum atomic E-state index is 12.7. The molecule has 5 heteroatoms. The second-order valence-electron chi connectivity index (χ2n) is 6.67. The van der Waals surface area contributed by atoms with Crippen LogP contribution in [0.15, 0.2) is 60.3 Å². The highest BCUT2D eigenvalue weighted by molar-refractivity contribution is 6.05. The first-order chi connectivity index (χ1) is 12.0. The molecule has 0 spiro atoms. The number of para-hydroxylation sites is 1. The predicted octanol–water partition coefficient (Wildman–Crippen LogP) is 3.57. The van der Waals surface area contributed by atoms with Gasteiger partial charge in [0, 0.05) is 23.7 Å². The number of ether oxygens (including phenoxy) is 1. The summed E-state index contributed by atoms with van der Waals surface area (Å²) >= 11 is 0. The standard InChI is InChI=1S/C20H20N2O3/c1-20(2)14-22(19(24)25-17-9-4-3-5-10-17)13-15(18(20)23)12-16-8-6-7-11-21-16/h3-12H,13-14H2,1-2H3. The maximum absolute atomic E-state index is 12.7. The summed E-state index contributed by atoms with van der Waals surface area (Å²) in [6.45, 7) is 4.20. The topological polar surface area (TPSA) is 59.5 Å². The van der Waals surface area contributed by atoms with E-state index in [4.69, 9.17) is 4.74 Å². The minimum absolute atomic E-state index is 0.0296. The van der Waals surface area contributed by atoms with Gasteiger partial charge in [-0.2, -0.15) is 0 Å². The highest BCUT2D eigenvalue weighted by Gasteiger charge is 2.40. The second kappa shape index (κ2) is 6.89. The van der Waals surface area contributed by atoms with E-state index >= 15 is 0 Å². The Hall–Kier alpha value is -2.95. The average molecular weight is 336 g/mol. The molecule has 128 valence electrons. The minimum atomic E-state index is -0.672. The number of likely N-dealkylation sites (tertiary alicyclic amines) is 1. The van der Waals surface area contributed by atoms with Gasteiger partial charge in [0.15, 0.2) is 5.78 Å². The molecule has 0 bridgehead atoms. The molecule has 1 fully saturated rings. The molecule has 1 amide bonds. The van der Waals surface area contributed by atoms with Crippen LogP contribution in [0.3, 0.4) is 0 Å². The lowest BCUT2D eigenvalue weighted by atomic mass is 9.80. The Labute approximate surface area is 146 Å². The summed E-state index contributed by atoms with van der Waals surface area (Å²) in [6, 6.07) is 14.4. The molecule has 5 nitrogen and oxygen atoms in total. The van der Waals surface area contributed by atoms with Crippen LogP contribution in [0.2, 0.25) is 0 Å². The molecule has 0 atom stereocenters. The fraction of sp³-hybridized carbons (Fsp3) is 0.250. The molecule has 1 aromatic heterocycles. The lowest BCUT2D eigenvalue weighted by molar-refractivity contribution is -0.125. The van der Waals surface area contributed by atoms with Crippen molar-refractivity contribution in [2.75, 3.05) is 13.1 Å². The van der Waals surface area contributed by atoms with Crippen molar-refractivity contribution in [3.05, 3.63) is 66.0 Å². The van der Waals surface area contributed by atoms with Gasteiger partial charge in [-0.3, -0.25) is 9.78 Å². The zero-order valence-corrected chi connectivity index (χ0v) is 14.3. The zero-order valence-electron chi connectivity index (χ0n) is 14.3. The van der Waals surface area contributed by atoms with Gasteiger partial charge in [-0.25, -0.2) is 4.79 Å². The fourth-order valence-corrected chi connectivity index (χ4v) is 2.85. The van der Waals surface area contributed by atoms with Crippen molar-refractivity contribution in [3.63, 3.8) is 0 Å². The third-order valence-corrected chi connectivity index (χ3v) is 4.07. The highest BCUT2D eigenvalue weighted by Crippen LogP contribution is 2.30. The maximum Gasteiger partial charge on any atom is 0.415 e. The van der Waals surface area contributed by atoms with Crippen LogP contribution in [0.4, 0.5) is 4.79 Å². The van der Waals surface area contributed by atoms with E-state index < -0.39 is 11.5 Å². The number of carbonyl (C=O) groups is 2. The van der Waals surface area contributed by atoms with Gasteiger partial charge in [0.2, 0.25) is 0 Å². The molecule has 3 rings (SSSR count). The van der Waals surface area contributed by atoms with E-state index in [1.807, 2.05) is 38.1 Å². The number of hydrogen-bond donors (Lipinski definition) is 0. The Morgan fingerprint density at radius 3 is 2.56 bits per heavy atom. The first kappa shape index (κ1) is 16.9. The van der Waals surface area contributed by atoms with Gasteiger partial charge < -0.3 is 9.64 Å².